The van der Waals surface area contributed by atoms with Gasteiger partial charge in [0.2, 0.25) is 5.91 Å². The average molecular weight is 640 g/mol. The summed E-state index contributed by atoms with van der Waals surface area (Å²) in [7, 11) is 1.56. The lowest BCUT2D eigenvalue weighted by Gasteiger charge is -2.71. The van der Waals surface area contributed by atoms with Crippen LogP contribution in [0, 0.1) is 68.0 Å². The predicted molar refractivity (Wildman–Crippen MR) is 187 cm³/mol. The Balaban J connectivity index is 1.26. The highest BCUT2D eigenvalue weighted by Crippen LogP contribution is 2.76. The highest BCUT2D eigenvalue weighted by atomic mass is 16.5. The van der Waals surface area contributed by atoms with Crippen LogP contribution in [0.3, 0.4) is 0 Å². The molecule has 1 amide bonds. The molecule has 1 aromatic carbocycles. The van der Waals surface area contributed by atoms with Gasteiger partial charge in [0.05, 0.1) is 18.6 Å². The van der Waals surface area contributed by atoms with E-state index in [1.165, 1.54) is 16.5 Å². The molecular formula is C41H57N3O3. The summed E-state index contributed by atoms with van der Waals surface area (Å²) >= 11 is 0. The second-order valence-corrected chi connectivity index (χ2v) is 17.3. The van der Waals surface area contributed by atoms with Crippen LogP contribution in [0.15, 0.2) is 42.6 Å². The van der Waals surface area contributed by atoms with Crippen LogP contribution >= 0.6 is 0 Å². The largest absolute Gasteiger partial charge is 0.469 e. The number of para-hydroxylation sites is 1. The van der Waals surface area contributed by atoms with Crippen molar-refractivity contribution < 1.29 is 14.3 Å². The van der Waals surface area contributed by atoms with Crippen LogP contribution in [-0.2, 0) is 20.7 Å². The summed E-state index contributed by atoms with van der Waals surface area (Å²) < 4.78 is 5.53. The maximum absolute atomic E-state index is 14.1. The van der Waals surface area contributed by atoms with Crippen molar-refractivity contribution >= 4 is 22.8 Å². The van der Waals surface area contributed by atoms with Crippen molar-refractivity contribution in [3.05, 3.63) is 48.2 Å². The van der Waals surface area contributed by atoms with E-state index in [0.717, 1.165) is 63.3 Å². The Hall–Kier alpha value is -3.07. The molecule has 4 aliphatic carbocycles. The summed E-state index contributed by atoms with van der Waals surface area (Å²) in [6, 6.07) is 10.9. The van der Waals surface area contributed by atoms with Gasteiger partial charge in [-0.3, -0.25) is 9.59 Å². The van der Waals surface area contributed by atoms with Crippen molar-refractivity contribution in [2.45, 2.75) is 106 Å². The second kappa shape index (κ2) is 11.8. The zero-order valence-electron chi connectivity index (χ0n) is 29.9. The molecule has 6 heteroatoms. The number of nitrogens with zero attached hydrogens (tertiary/aromatic N) is 1. The van der Waals surface area contributed by atoms with E-state index in [0.29, 0.717) is 30.7 Å². The van der Waals surface area contributed by atoms with Crippen molar-refractivity contribution in [2.24, 2.45) is 56.7 Å². The minimum Gasteiger partial charge on any atom is -0.469 e. The molecule has 1 aromatic heterocycles. The molecule has 1 heterocycles. The fourth-order valence-corrected chi connectivity index (χ4v) is 12.7. The molecule has 4 fully saturated rings. The van der Waals surface area contributed by atoms with Gasteiger partial charge in [-0.1, -0.05) is 65.0 Å². The number of rotatable bonds is 8. The molecule has 0 bridgehead atoms. The van der Waals surface area contributed by atoms with Crippen LogP contribution in [0.5, 0.6) is 0 Å². The molecule has 2 aromatic rings. The Morgan fingerprint density at radius 2 is 1.81 bits per heavy atom. The quantitative estimate of drug-likeness (QED) is 0.223. The van der Waals surface area contributed by atoms with Gasteiger partial charge in [-0.2, -0.15) is 5.26 Å². The monoisotopic (exact) mass is 639 g/mol. The first kappa shape index (κ1) is 33.8. The van der Waals surface area contributed by atoms with Crippen LogP contribution in [0.25, 0.3) is 10.9 Å². The third-order valence-electron chi connectivity index (χ3n) is 15.2. The average Bonchev–Trinajstić information content (AvgIpc) is 3.64. The first-order chi connectivity index (χ1) is 22.2. The molecule has 6 rings (SSSR count). The molecule has 6 nitrogen and oxygen atoms in total. The van der Waals surface area contributed by atoms with Gasteiger partial charge in [-0.05, 0) is 122 Å². The topological polar surface area (TPSA) is 95.0 Å². The standard InChI is InChI=1S/C41H57N3O3/c1-26(2)28-15-19-41(36(46)47-8)21-20-39(6)30(34(28)41)13-14-33-38(5,22-23-42)32(16-18-40(33,39)7)37(3,4)35(45)43-24-17-27-25-44-31-12-10-9-11-29(27)31/h9-12,25,28,30,32-34,44H,1,13-22,24H2,2-8H3,(H,43,45)/t28-,30+,32-,33+,34+,38-,39+,40+,41-/m0/s1. The number of allylic oxidation sites excluding steroid dienone is 1. The zero-order chi connectivity index (χ0) is 34.0. The van der Waals surface area contributed by atoms with Gasteiger partial charge in [-0.25, -0.2) is 0 Å². The summed E-state index contributed by atoms with van der Waals surface area (Å²) in [5, 5.41) is 14.9. The maximum atomic E-state index is 14.1. The third-order valence-corrected chi connectivity index (χ3v) is 15.2. The lowest BCUT2D eigenvalue weighted by molar-refractivity contribution is -0.229. The molecule has 4 saturated carbocycles. The number of methoxy groups -OCH3 is 1. The number of H-pyrrole nitrogens is 1. The smallest absolute Gasteiger partial charge is 0.312 e. The molecule has 0 saturated heterocycles. The minimum absolute atomic E-state index is 0.00437. The fourth-order valence-electron chi connectivity index (χ4n) is 12.7. The Bertz CT molecular complexity index is 1600. The number of nitriles is 1. The van der Waals surface area contributed by atoms with E-state index >= 15 is 0 Å². The number of ether oxygens (including phenoxy) is 1. The lowest BCUT2D eigenvalue weighted by Crippen LogP contribution is -2.66. The molecule has 0 aliphatic heterocycles. The van der Waals surface area contributed by atoms with E-state index in [1.807, 2.05) is 6.07 Å². The fraction of sp³-hybridized carbons (Fsp3) is 0.683. The normalized spacial score (nSPS) is 38.0. The Morgan fingerprint density at radius 3 is 2.51 bits per heavy atom. The Kier molecular flexibility index (Phi) is 8.50. The number of carbonyl (C=O) groups is 2. The van der Waals surface area contributed by atoms with Gasteiger partial charge in [0, 0.05) is 35.5 Å². The summed E-state index contributed by atoms with van der Waals surface area (Å²) in [6.45, 7) is 18.8. The molecular weight excluding hydrogens is 582 g/mol. The van der Waals surface area contributed by atoms with Crippen molar-refractivity contribution in [3.8, 4) is 6.07 Å². The van der Waals surface area contributed by atoms with Crippen LogP contribution in [0.2, 0.25) is 0 Å². The first-order valence-corrected chi connectivity index (χ1v) is 18.2. The summed E-state index contributed by atoms with van der Waals surface area (Å²) in [5.41, 5.74) is 2.24. The number of esters is 1. The van der Waals surface area contributed by atoms with Crippen molar-refractivity contribution in [3.63, 3.8) is 0 Å². The van der Waals surface area contributed by atoms with Crippen LogP contribution in [0.4, 0.5) is 0 Å². The summed E-state index contributed by atoms with van der Waals surface area (Å²) in [6.07, 6.45) is 11.1. The van der Waals surface area contributed by atoms with E-state index in [2.05, 4.69) is 88.9 Å². The molecule has 4 aliphatic rings. The zero-order valence-corrected chi connectivity index (χ0v) is 29.9. The number of amides is 1. The van der Waals surface area contributed by atoms with E-state index in [1.54, 1.807) is 7.11 Å². The number of hydrogen-bond acceptors (Lipinski definition) is 4. The molecule has 2 N–H and O–H groups in total. The number of hydrogen-bond donors (Lipinski definition) is 2. The summed E-state index contributed by atoms with van der Waals surface area (Å²) in [4.78, 5) is 31.0. The highest BCUT2D eigenvalue weighted by Gasteiger charge is 2.71. The van der Waals surface area contributed by atoms with Gasteiger partial charge in [-0.15, -0.1) is 0 Å². The number of aromatic nitrogens is 1. The molecule has 254 valence electrons. The SMILES string of the molecule is C=C(C)[C@@H]1CC[C@]2(C(=O)OC)CC[C@]3(C)[C@H](CC[C@@H]4[C@@](C)(CC#N)[C@H](C(C)(C)C(=O)NCCc5c[nH]c6ccccc56)CC[C@]43C)[C@@H]12. The van der Waals surface area contributed by atoms with Crippen LogP contribution < -0.4 is 5.32 Å². The van der Waals surface area contributed by atoms with E-state index in [9.17, 15) is 14.9 Å². The number of nitrogens with one attached hydrogen (secondary N) is 2. The van der Waals surface area contributed by atoms with Crippen LogP contribution in [0.1, 0.15) is 105 Å². The molecule has 0 spiro atoms. The first-order valence-electron chi connectivity index (χ1n) is 18.2. The predicted octanol–water partition coefficient (Wildman–Crippen LogP) is 8.78. The third kappa shape index (κ3) is 4.84. The van der Waals surface area contributed by atoms with Gasteiger partial charge in [0.1, 0.15) is 0 Å². The van der Waals surface area contributed by atoms with Crippen molar-refractivity contribution in [1.82, 2.24) is 10.3 Å². The van der Waals surface area contributed by atoms with E-state index in [4.69, 9.17) is 4.74 Å². The Morgan fingerprint density at radius 1 is 1.06 bits per heavy atom. The van der Waals surface area contributed by atoms with Crippen LogP contribution in [-0.4, -0.2) is 30.5 Å². The van der Waals surface area contributed by atoms with Gasteiger partial charge < -0.3 is 15.0 Å². The van der Waals surface area contributed by atoms with Gasteiger partial charge in [0.25, 0.3) is 0 Å². The number of fused-ring (bicyclic) bond motifs is 6. The number of aromatic amines is 1. The van der Waals surface area contributed by atoms with E-state index in [-0.39, 0.29) is 40.0 Å². The van der Waals surface area contributed by atoms with Crippen molar-refractivity contribution in [1.29, 1.82) is 5.26 Å². The lowest BCUT2D eigenvalue weighted by atomic mass is 9.33. The second-order valence-electron chi connectivity index (χ2n) is 17.3. The van der Waals surface area contributed by atoms with Gasteiger partial charge >= 0.3 is 5.97 Å². The van der Waals surface area contributed by atoms with Gasteiger partial charge in [0.15, 0.2) is 0 Å². The molecule has 47 heavy (non-hydrogen) atoms. The molecule has 0 radical (unpaired) electrons. The minimum atomic E-state index is -0.617. The summed E-state index contributed by atoms with van der Waals surface area (Å²) in [5.74, 6) is 1.49. The Labute approximate surface area is 282 Å². The molecule has 9 atom stereocenters. The maximum Gasteiger partial charge on any atom is 0.312 e. The molecule has 0 unspecified atom stereocenters. The highest BCUT2D eigenvalue weighted by molar-refractivity contribution is 5.84. The van der Waals surface area contributed by atoms with Crippen molar-refractivity contribution in [2.75, 3.05) is 13.7 Å². The van der Waals surface area contributed by atoms with E-state index < -0.39 is 10.8 Å². The number of benzene rings is 1. The number of carbonyl (C=O) groups excluding carboxylic acids is 2.